The van der Waals surface area contributed by atoms with E-state index in [1.807, 2.05) is 0 Å². The van der Waals surface area contributed by atoms with Crippen LogP contribution in [-0.4, -0.2) is 61.0 Å². The van der Waals surface area contributed by atoms with Gasteiger partial charge in [-0.2, -0.15) is 17.6 Å². The van der Waals surface area contributed by atoms with E-state index in [9.17, 15) is 31.5 Å². The van der Waals surface area contributed by atoms with Crippen LogP contribution in [0.25, 0.3) is 0 Å². The number of carbonyl (C=O) groups is 2. The molecule has 0 unspecified atom stereocenters. The van der Waals surface area contributed by atoms with Crippen LogP contribution in [0.2, 0.25) is 0 Å². The van der Waals surface area contributed by atoms with Gasteiger partial charge in [-0.1, -0.05) is 13.0 Å². The number of ether oxygens (including phenoxy) is 3. The first-order valence-electron chi connectivity index (χ1n) is 12.0. The number of hydrogen-bond donors (Lipinski definition) is 3. The van der Waals surface area contributed by atoms with Gasteiger partial charge in [0.15, 0.2) is 17.2 Å². The highest BCUT2D eigenvalue weighted by molar-refractivity contribution is 5.97. The lowest BCUT2D eigenvalue weighted by Crippen LogP contribution is -2.47. The minimum absolute atomic E-state index is 0.0100. The third kappa shape index (κ3) is 6.45. The molecule has 1 fully saturated rings. The molecule has 1 aromatic heterocycles. The summed E-state index contributed by atoms with van der Waals surface area (Å²) in [6, 6.07) is 4.22. The van der Waals surface area contributed by atoms with Gasteiger partial charge in [0.2, 0.25) is 5.82 Å². The molecule has 0 aliphatic carbocycles. The summed E-state index contributed by atoms with van der Waals surface area (Å²) in [5, 5.41) is 2.39. The van der Waals surface area contributed by atoms with E-state index < -0.39 is 58.9 Å². The maximum absolute atomic E-state index is 14.9. The summed E-state index contributed by atoms with van der Waals surface area (Å²) in [6.45, 7) is 2.38. The van der Waals surface area contributed by atoms with Crippen molar-refractivity contribution >= 4 is 17.5 Å². The number of nitrogens with two attached hydrogens (primary N) is 2. The number of primary amides is 1. The predicted molar refractivity (Wildman–Crippen MR) is 129 cm³/mol. The van der Waals surface area contributed by atoms with Crippen LogP contribution in [0.3, 0.4) is 0 Å². The summed E-state index contributed by atoms with van der Waals surface area (Å²) >= 11 is 0. The molecule has 0 saturated carbocycles. The molecule has 5 N–H and O–H groups in total. The highest BCUT2D eigenvalue weighted by Gasteiger charge is 2.66. The fourth-order valence-corrected chi connectivity index (χ4v) is 4.33. The third-order valence-electron chi connectivity index (χ3n) is 6.61. The Morgan fingerprint density at radius 3 is 2.54 bits per heavy atom. The lowest BCUT2D eigenvalue weighted by atomic mass is 9.77. The first-order chi connectivity index (χ1) is 18.3. The van der Waals surface area contributed by atoms with Crippen LogP contribution in [0.4, 0.5) is 27.6 Å². The Morgan fingerprint density at radius 1 is 1.18 bits per heavy atom. The van der Waals surface area contributed by atoms with Crippen molar-refractivity contribution in [2.75, 3.05) is 31.7 Å². The molecule has 2 heterocycles. The summed E-state index contributed by atoms with van der Waals surface area (Å²) in [5.41, 5.74) is 7.37. The smallest absolute Gasteiger partial charge is 0.417 e. The SMILES string of the molecule is C[C@@H]1[C@H](c2ccc(F)c(F)c2OCCOCCCN)[C@@H](C(=O)Nc2ccnc(C(N)=O)c2)O[C@]1(C)C(F)(F)F. The Balaban J connectivity index is 1.99. The molecule has 14 heteroatoms. The van der Waals surface area contributed by atoms with Crippen LogP contribution in [-0.2, 0) is 14.3 Å². The average Bonchev–Trinajstić information content (AvgIpc) is 3.15. The Labute approximate surface area is 221 Å². The quantitative estimate of drug-likeness (QED) is 0.283. The van der Waals surface area contributed by atoms with Crippen LogP contribution >= 0.6 is 0 Å². The zero-order valence-corrected chi connectivity index (χ0v) is 21.2. The minimum Gasteiger partial charge on any atom is -0.488 e. The number of nitrogens with one attached hydrogen (secondary N) is 1. The van der Waals surface area contributed by atoms with Gasteiger partial charge in [0.1, 0.15) is 18.4 Å². The van der Waals surface area contributed by atoms with E-state index in [2.05, 4.69) is 10.3 Å². The molecule has 1 aliphatic rings. The summed E-state index contributed by atoms with van der Waals surface area (Å²) in [4.78, 5) is 28.5. The third-order valence-corrected chi connectivity index (χ3v) is 6.61. The van der Waals surface area contributed by atoms with Crippen LogP contribution in [0.1, 0.15) is 42.2 Å². The number of halogens is 5. The van der Waals surface area contributed by atoms with Crippen molar-refractivity contribution < 1.29 is 45.8 Å². The molecular weight excluding hydrogens is 531 g/mol. The molecule has 1 aliphatic heterocycles. The van der Waals surface area contributed by atoms with Crippen LogP contribution in [0.15, 0.2) is 30.5 Å². The Hall–Kier alpha value is -3.36. The van der Waals surface area contributed by atoms with E-state index in [0.717, 1.165) is 25.1 Å². The highest BCUT2D eigenvalue weighted by Crippen LogP contribution is 2.55. The molecule has 2 aromatic rings. The highest BCUT2D eigenvalue weighted by atomic mass is 19.4. The molecule has 214 valence electrons. The van der Waals surface area contributed by atoms with Gasteiger partial charge in [-0.05, 0) is 38.1 Å². The molecule has 4 atom stereocenters. The van der Waals surface area contributed by atoms with Crippen molar-refractivity contribution in [2.24, 2.45) is 17.4 Å². The molecule has 9 nitrogen and oxygen atoms in total. The van der Waals surface area contributed by atoms with Gasteiger partial charge in [0, 0.05) is 35.9 Å². The predicted octanol–water partition coefficient (Wildman–Crippen LogP) is 3.28. The molecule has 1 saturated heterocycles. The van der Waals surface area contributed by atoms with Crippen molar-refractivity contribution in [1.29, 1.82) is 0 Å². The van der Waals surface area contributed by atoms with Crippen molar-refractivity contribution in [1.82, 2.24) is 4.98 Å². The van der Waals surface area contributed by atoms with Crippen LogP contribution in [0, 0.1) is 17.6 Å². The van der Waals surface area contributed by atoms with Crippen LogP contribution in [0.5, 0.6) is 5.75 Å². The molecule has 0 radical (unpaired) electrons. The molecule has 1 aromatic carbocycles. The summed E-state index contributed by atoms with van der Waals surface area (Å²) in [6.07, 6.45) is -5.01. The fourth-order valence-electron chi connectivity index (χ4n) is 4.33. The van der Waals surface area contributed by atoms with Crippen molar-refractivity contribution in [3.63, 3.8) is 0 Å². The number of aromatic nitrogens is 1. The van der Waals surface area contributed by atoms with E-state index in [0.29, 0.717) is 19.6 Å². The van der Waals surface area contributed by atoms with E-state index in [1.165, 1.54) is 19.2 Å². The second-order valence-corrected chi connectivity index (χ2v) is 9.12. The fraction of sp³-hybridized carbons (Fsp3) is 0.480. The largest absolute Gasteiger partial charge is 0.488 e. The molecule has 0 spiro atoms. The van der Waals surface area contributed by atoms with Gasteiger partial charge < -0.3 is 31.0 Å². The summed E-state index contributed by atoms with van der Waals surface area (Å²) in [5.74, 6) is -8.15. The van der Waals surface area contributed by atoms with Gasteiger partial charge in [-0.25, -0.2) is 4.39 Å². The Bertz CT molecular complexity index is 1200. The molecule has 0 bridgehead atoms. The lowest BCUT2D eigenvalue weighted by Gasteiger charge is -2.32. The first-order valence-corrected chi connectivity index (χ1v) is 12.0. The number of pyridine rings is 1. The number of amides is 2. The molecule has 3 rings (SSSR count). The number of carbonyl (C=O) groups excluding carboxylic acids is 2. The Morgan fingerprint density at radius 2 is 1.90 bits per heavy atom. The monoisotopic (exact) mass is 560 g/mol. The van der Waals surface area contributed by atoms with Crippen molar-refractivity contribution in [3.05, 3.63) is 53.4 Å². The van der Waals surface area contributed by atoms with E-state index in [-0.39, 0.29) is 30.2 Å². The number of hydrogen-bond acceptors (Lipinski definition) is 7. The maximum atomic E-state index is 14.9. The van der Waals surface area contributed by atoms with Crippen molar-refractivity contribution in [3.8, 4) is 5.75 Å². The van der Waals surface area contributed by atoms with Crippen LogP contribution < -0.4 is 21.5 Å². The standard InChI is InChI=1S/C25H29F5N4O5/c1-13-18(15-4-5-16(26)19(27)20(15)38-11-10-37-9-3-7-31)21(39-24(13,2)25(28,29)30)23(36)34-14-6-8-33-17(12-14)22(32)35/h4-6,8,12-13,18,21H,3,7,9-11,31H2,1-2H3,(H2,32,35)(H,33,34,36)/t13-,18-,21+,24+/m1/s1. The number of rotatable bonds is 11. The van der Waals surface area contributed by atoms with Gasteiger partial charge in [-0.15, -0.1) is 0 Å². The average molecular weight is 561 g/mol. The van der Waals surface area contributed by atoms with Gasteiger partial charge in [0.05, 0.1) is 6.61 Å². The number of benzene rings is 1. The number of anilines is 1. The minimum atomic E-state index is -4.92. The second-order valence-electron chi connectivity index (χ2n) is 9.12. The van der Waals surface area contributed by atoms with E-state index in [4.69, 9.17) is 25.7 Å². The molecule has 2 amide bonds. The number of alkyl halides is 3. The van der Waals surface area contributed by atoms with E-state index in [1.54, 1.807) is 0 Å². The Kier molecular flexibility index (Phi) is 9.46. The molecular formula is C25H29F5N4O5. The normalized spacial score (nSPS) is 23.0. The topological polar surface area (TPSA) is 139 Å². The zero-order valence-electron chi connectivity index (χ0n) is 21.2. The number of nitrogens with zero attached hydrogens (tertiary/aromatic N) is 1. The summed E-state index contributed by atoms with van der Waals surface area (Å²) in [7, 11) is 0. The molecule has 39 heavy (non-hydrogen) atoms. The van der Waals surface area contributed by atoms with Gasteiger partial charge >= 0.3 is 6.18 Å². The lowest BCUT2D eigenvalue weighted by molar-refractivity contribution is -0.272. The maximum Gasteiger partial charge on any atom is 0.417 e. The van der Waals surface area contributed by atoms with Crippen molar-refractivity contribution in [2.45, 2.75) is 44.1 Å². The van der Waals surface area contributed by atoms with E-state index >= 15 is 0 Å². The summed E-state index contributed by atoms with van der Waals surface area (Å²) < 4.78 is 87.7. The van der Waals surface area contributed by atoms with Gasteiger partial charge in [0.25, 0.3) is 11.8 Å². The van der Waals surface area contributed by atoms with Gasteiger partial charge in [-0.3, -0.25) is 14.6 Å². The zero-order chi connectivity index (χ0) is 29.0. The second kappa shape index (κ2) is 12.2. The first kappa shape index (κ1) is 30.2.